The quantitative estimate of drug-likeness (QED) is 0.830. The summed E-state index contributed by atoms with van der Waals surface area (Å²) in [6.07, 6.45) is -3.93. The molecule has 0 aliphatic carbocycles. The fourth-order valence-corrected chi connectivity index (χ4v) is 1.71. The number of hydrogen-bond donors (Lipinski definition) is 2. The Labute approximate surface area is 122 Å². The number of hydrogen-bond acceptors (Lipinski definition) is 3. The van der Waals surface area contributed by atoms with Crippen LogP contribution in [0.15, 0.2) is 36.5 Å². The van der Waals surface area contributed by atoms with Gasteiger partial charge in [0.1, 0.15) is 11.4 Å². The number of halogens is 4. The van der Waals surface area contributed by atoms with E-state index in [1.807, 2.05) is 0 Å². The molecule has 1 aromatic carbocycles. The van der Waals surface area contributed by atoms with E-state index in [0.717, 1.165) is 12.1 Å². The standard InChI is InChI=1S/C13H8ClF3N2O2/c14-9-5-8(20)2-4-10(9)19-12(21)11-3-1-7(6-18-11)13(15,16)17/h1-6,20H,(H,19,21). The lowest BCUT2D eigenvalue weighted by atomic mass is 10.2. The molecule has 1 amide bonds. The molecule has 0 saturated carbocycles. The minimum Gasteiger partial charge on any atom is -0.508 e. The second-order valence-corrected chi connectivity index (χ2v) is 4.46. The number of benzene rings is 1. The highest BCUT2D eigenvalue weighted by molar-refractivity contribution is 6.34. The minimum atomic E-state index is -4.51. The lowest BCUT2D eigenvalue weighted by Crippen LogP contribution is -2.15. The van der Waals surface area contributed by atoms with Gasteiger partial charge in [-0.05, 0) is 24.3 Å². The van der Waals surface area contributed by atoms with Gasteiger partial charge in [0.2, 0.25) is 0 Å². The third-order valence-electron chi connectivity index (χ3n) is 2.52. The van der Waals surface area contributed by atoms with Crippen LogP contribution in [0.1, 0.15) is 16.1 Å². The Morgan fingerprint density at radius 1 is 1.24 bits per heavy atom. The molecule has 2 N–H and O–H groups in total. The van der Waals surface area contributed by atoms with Crippen LogP contribution in [-0.2, 0) is 6.18 Å². The fourth-order valence-electron chi connectivity index (χ4n) is 1.49. The van der Waals surface area contributed by atoms with Gasteiger partial charge in [-0.1, -0.05) is 11.6 Å². The summed E-state index contributed by atoms with van der Waals surface area (Å²) >= 11 is 5.80. The van der Waals surface area contributed by atoms with Crippen molar-refractivity contribution in [3.05, 3.63) is 52.8 Å². The average molecular weight is 317 g/mol. The summed E-state index contributed by atoms with van der Waals surface area (Å²) in [6, 6.07) is 5.62. The van der Waals surface area contributed by atoms with Gasteiger partial charge in [0.25, 0.3) is 5.91 Å². The van der Waals surface area contributed by atoms with Crippen LogP contribution in [-0.4, -0.2) is 16.0 Å². The number of aromatic nitrogens is 1. The first kappa shape index (κ1) is 15.1. The molecule has 0 saturated heterocycles. The third kappa shape index (κ3) is 3.63. The Hall–Kier alpha value is -2.28. The predicted molar refractivity (Wildman–Crippen MR) is 70.3 cm³/mol. The maximum Gasteiger partial charge on any atom is 0.417 e. The highest BCUT2D eigenvalue weighted by atomic mass is 35.5. The number of alkyl halides is 3. The smallest absolute Gasteiger partial charge is 0.417 e. The van der Waals surface area contributed by atoms with Crippen molar-refractivity contribution in [3.63, 3.8) is 0 Å². The van der Waals surface area contributed by atoms with E-state index in [1.54, 1.807) is 0 Å². The van der Waals surface area contributed by atoms with Crippen LogP contribution in [0.5, 0.6) is 5.75 Å². The third-order valence-corrected chi connectivity index (χ3v) is 2.84. The number of pyridine rings is 1. The Morgan fingerprint density at radius 3 is 2.48 bits per heavy atom. The number of nitrogens with zero attached hydrogens (tertiary/aromatic N) is 1. The molecular formula is C13H8ClF3N2O2. The molecular weight excluding hydrogens is 309 g/mol. The van der Waals surface area contributed by atoms with Gasteiger partial charge in [0.05, 0.1) is 16.3 Å². The van der Waals surface area contributed by atoms with E-state index in [1.165, 1.54) is 18.2 Å². The SMILES string of the molecule is O=C(Nc1ccc(O)cc1Cl)c1ccc(C(F)(F)F)cn1. The number of nitrogens with one attached hydrogen (secondary N) is 1. The summed E-state index contributed by atoms with van der Waals surface area (Å²) in [4.78, 5) is 15.3. The van der Waals surface area contributed by atoms with E-state index in [2.05, 4.69) is 10.3 Å². The first-order chi connectivity index (χ1) is 9.77. The molecule has 1 aromatic heterocycles. The Bertz CT molecular complexity index is 672. The maximum absolute atomic E-state index is 12.4. The number of carbonyl (C=O) groups excluding carboxylic acids is 1. The first-order valence-electron chi connectivity index (χ1n) is 5.60. The molecule has 110 valence electrons. The van der Waals surface area contributed by atoms with Crippen LogP contribution >= 0.6 is 11.6 Å². The van der Waals surface area contributed by atoms with Crippen molar-refractivity contribution >= 4 is 23.2 Å². The van der Waals surface area contributed by atoms with Crippen LogP contribution < -0.4 is 5.32 Å². The van der Waals surface area contributed by atoms with Gasteiger partial charge in [-0.2, -0.15) is 13.2 Å². The topological polar surface area (TPSA) is 62.2 Å². The zero-order chi connectivity index (χ0) is 15.6. The predicted octanol–water partition coefficient (Wildman–Crippen LogP) is 3.71. The Kier molecular flexibility index (Phi) is 4.04. The first-order valence-corrected chi connectivity index (χ1v) is 5.98. The number of carbonyl (C=O) groups is 1. The average Bonchev–Trinajstić information content (AvgIpc) is 2.41. The summed E-state index contributed by atoms with van der Waals surface area (Å²) in [7, 11) is 0. The monoisotopic (exact) mass is 316 g/mol. The summed E-state index contributed by atoms with van der Waals surface area (Å²) in [5, 5.41) is 11.7. The highest BCUT2D eigenvalue weighted by Crippen LogP contribution is 2.29. The lowest BCUT2D eigenvalue weighted by molar-refractivity contribution is -0.137. The van der Waals surface area contributed by atoms with E-state index in [-0.39, 0.29) is 22.2 Å². The number of anilines is 1. The summed E-state index contributed by atoms with van der Waals surface area (Å²) in [5.41, 5.74) is -0.921. The molecule has 8 heteroatoms. The van der Waals surface area contributed by atoms with Gasteiger partial charge in [-0.15, -0.1) is 0 Å². The van der Waals surface area contributed by atoms with Crippen molar-refractivity contribution in [1.29, 1.82) is 0 Å². The molecule has 0 fully saturated rings. The Morgan fingerprint density at radius 2 is 1.95 bits per heavy atom. The van der Waals surface area contributed by atoms with Gasteiger partial charge in [-0.25, -0.2) is 0 Å². The van der Waals surface area contributed by atoms with E-state index in [9.17, 15) is 23.1 Å². The van der Waals surface area contributed by atoms with E-state index >= 15 is 0 Å². The maximum atomic E-state index is 12.4. The van der Waals surface area contributed by atoms with Crippen LogP contribution in [0.4, 0.5) is 18.9 Å². The summed E-state index contributed by atoms with van der Waals surface area (Å²) in [5.74, 6) is -0.790. The number of amides is 1. The van der Waals surface area contributed by atoms with Crippen LogP contribution in [0, 0.1) is 0 Å². The molecule has 0 radical (unpaired) electrons. The zero-order valence-corrected chi connectivity index (χ0v) is 11.0. The van der Waals surface area contributed by atoms with E-state index < -0.39 is 17.6 Å². The number of phenols is 1. The number of phenolic OH excluding ortho intramolecular Hbond substituents is 1. The zero-order valence-electron chi connectivity index (χ0n) is 10.3. The molecule has 4 nitrogen and oxygen atoms in total. The largest absolute Gasteiger partial charge is 0.508 e. The van der Waals surface area contributed by atoms with Gasteiger partial charge < -0.3 is 10.4 Å². The molecule has 1 heterocycles. The number of aromatic hydroxyl groups is 1. The summed E-state index contributed by atoms with van der Waals surface area (Å²) < 4.78 is 37.1. The van der Waals surface area contributed by atoms with Gasteiger partial charge >= 0.3 is 6.18 Å². The Balaban J connectivity index is 2.17. The van der Waals surface area contributed by atoms with Crippen molar-refractivity contribution < 1.29 is 23.1 Å². The van der Waals surface area contributed by atoms with Gasteiger partial charge in [-0.3, -0.25) is 9.78 Å². The fraction of sp³-hybridized carbons (Fsp3) is 0.0769. The van der Waals surface area contributed by atoms with E-state index in [4.69, 9.17) is 11.6 Å². The number of rotatable bonds is 2. The van der Waals surface area contributed by atoms with Crippen molar-refractivity contribution in [2.75, 3.05) is 5.32 Å². The van der Waals surface area contributed by atoms with Crippen LogP contribution in [0.3, 0.4) is 0 Å². The lowest BCUT2D eigenvalue weighted by Gasteiger charge is -2.08. The van der Waals surface area contributed by atoms with Gasteiger partial charge in [0, 0.05) is 12.3 Å². The van der Waals surface area contributed by atoms with Crippen molar-refractivity contribution in [2.24, 2.45) is 0 Å². The van der Waals surface area contributed by atoms with Crippen LogP contribution in [0.25, 0.3) is 0 Å². The normalized spacial score (nSPS) is 11.2. The molecule has 0 aliphatic heterocycles. The van der Waals surface area contributed by atoms with Crippen LogP contribution in [0.2, 0.25) is 5.02 Å². The summed E-state index contributed by atoms with van der Waals surface area (Å²) in [6.45, 7) is 0. The van der Waals surface area contributed by atoms with Crippen molar-refractivity contribution in [1.82, 2.24) is 4.98 Å². The molecule has 2 rings (SSSR count). The van der Waals surface area contributed by atoms with Crippen molar-refractivity contribution in [3.8, 4) is 5.75 Å². The molecule has 0 bridgehead atoms. The molecule has 2 aromatic rings. The molecule has 0 aliphatic rings. The minimum absolute atomic E-state index is 0.0781. The van der Waals surface area contributed by atoms with Crippen molar-refractivity contribution in [2.45, 2.75) is 6.18 Å². The highest BCUT2D eigenvalue weighted by Gasteiger charge is 2.30. The molecule has 21 heavy (non-hydrogen) atoms. The second kappa shape index (κ2) is 5.61. The van der Waals surface area contributed by atoms with E-state index in [0.29, 0.717) is 6.20 Å². The molecule has 0 atom stereocenters. The van der Waals surface area contributed by atoms with Gasteiger partial charge in [0.15, 0.2) is 0 Å². The second-order valence-electron chi connectivity index (χ2n) is 4.05. The molecule has 0 spiro atoms. The molecule has 0 unspecified atom stereocenters.